The first-order valence-electron chi connectivity index (χ1n) is 3.97. The Balaban J connectivity index is 2.60. The summed E-state index contributed by atoms with van der Waals surface area (Å²) in [5, 5.41) is 2.18. The van der Waals surface area contributed by atoms with Gasteiger partial charge in [0.2, 0.25) is 5.91 Å². The van der Waals surface area contributed by atoms with Crippen LogP contribution in [0.25, 0.3) is 0 Å². The molecular formula is C7H10F4N2O. The van der Waals surface area contributed by atoms with Crippen molar-refractivity contribution < 1.29 is 22.4 Å². The van der Waals surface area contributed by atoms with E-state index in [0.29, 0.717) is 0 Å². The van der Waals surface area contributed by atoms with Crippen molar-refractivity contribution in [1.29, 1.82) is 0 Å². The summed E-state index contributed by atoms with van der Waals surface area (Å²) in [5.74, 6) is -8.64. The van der Waals surface area contributed by atoms with Gasteiger partial charge in [-0.3, -0.25) is 9.69 Å². The van der Waals surface area contributed by atoms with Crippen LogP contribution in [0.3, 0.4) is 0 Å². The van der Waals surface area contributed by atoms with Gasteiger partial charge in [0, 0.05) is 7.05 Å². The van der Waals surface area contributed by atoms with Gasteiger partial charge in [0.1, 0.15) is 0 Å². The highest BCUT2D eigenvalue weighted by Gasteiger charge is 2.62. The molecule has 0 aromatic rings. The van der Waals surface area contributed by atoms with Crippen molar-refractivity contribution in [2.75, 3.05) is 26.7 Å². The molecule has 1 rings (SSSR count). The number of amides is 1. The molecule has 0 spiro atoms. The van der Waals surface area contributed by atoms with Crippen molar-refractivity contribution in [2.45, 2.75) is 11.8 Å². The van der Waals surface area contributed by atoms with Crippen LogP contribution in [0.1, 0.15) is 0 Å². The highest BCUT2D eigenvalue weighted by molar-refractivity contribution is 5.77. The molecule has 1 saturated heterocycles. The van der Waals surface area contributed by atoms with Crippen LogP contribution in [-0.2, 0) is 4.79 Å². The van der Waals surface area contributed by atoms with Crippen LogP contribution in [0.5, 0.6) is 0 Å². The van der Waals surface area contributed by atoms with Crippen molar-refractivity contribution in [3.63, 3.8) is 0 Å². The molecule has 1 aliphatic heterocycles. The second-order valence-corrected chi connectivity index (χ2v) is 3.23. The standard InChI is InChI=1S/C7H10F4N2O/c1-12-5(14)2-13-3-6(8,9)7(10,11)4-13/h2-4H2,1H3,(H,12,14). The maximum atomic E-state index is 12.6. The predicted octanol–water partition coefficient (Wildman–Crippen LogP) is 0.319. The largest absolute Gasteiger partial charge is 0.358 e. The van der Waals surface area contributed by atoms with E-state index in [4.69, 9.17) is 0 Å². The first-order chi connectivity index (χ1) is 6.28. The zero-order chi connectivity index (χ0) is 11.0. The highest BCUT2D eigenvalue weighted by atomic mass is 19.3. The number of likely N-dealkylation sites (N-methyl/N-ethyl adjacent to an activating group) is 1. The fourth-order valence-electron chi connectivity index (χ4n) is 1.24. The van der Waals surface area contributed by atoms with Gasteiger partial charge in [-0.15, -0.1) is 0 Å². The Morgan fingerprint density at radius 3 is 2.07 bits per heavy atom. The number of carbonyl (C=O) groups excluding carboxylic acids is 1. The molecule has 7 heteroatoms. The number of nitrogens with one attached hydrogen (secondary N) is 1. The van der Waals surface area contributed by atoms with Gasteiger partial charge in [-0.2, -0.15) is 17.6 Å². The molecule has 0 radical (unpaired) electrons. The Bertz CT molecular complexity index is 228. The summed E-state index contributed by atoms with van der Waals surface area (Å²) in [6.45, 7) is -2.58. The zero-order valence-corrected chi connectivity index (χ0v) is 7.49. The maximum Gasteiger partial charge on any atom is 0.323 e. The first-order valence-corrected chi connectivity index (χ1v) is 3.97. The molecule has 0 aromatic carbocycles. The Morgan fingerprint density at radius 1 is 1.29 bits per heavy atom. The monoisotopic (exact) mass is 214 g/mol. The Morgan fingerprint density at radius 2 is 1.71 bits per heavy atom. The van der Waals surface area contributed by atoms with Crippen molar-refractivity contribution in [3.8, 4) is 0 Å². The summed E-state index contributed by atoms with van der Waals surface area (Å²) in [4.78, 5) is 11.5. The van der Waals surface area contributed by atoms with E-state index in [1.165, 1.54) is 7.05 Å². The summed E-state index contributed by atoms with van der Waals surface area (Å²) in [7, 11) is 1.31. The summed E-state index contributed by atoms with van der Waals surface area (Å²) < 4.78 is 50.4. The van der Waals surface area contributed by atoms with E-state index in [9.17, 15) is 22.4 Å². The lowest BCUT2D eigenvalue weighted by Gasteiger charge is -2.15. The molecule has 0 saturated carbocycles. The van der Waals surface area contributed by atoms with Crippen LogP contribution in [-0.4, -0.2) is 49.3 Å². The normalized spacial score (nSPS) is 24.9. The fourth-order valence-corrected chi connectivity index (χ4v) is 1.24. The number of alkyl halides is 4. The Hall–Kier alpha value is -0.850. The molecule has 1 heterocycles. The SMILES string of the molecule is CNC(=O)CN1CC(F)(F)C(F)(F)C1. The molecule has 1 N–H and O–H groups in total. The summed E-state index contributed by atoms with van der Waals surface area (Å²) in [5.41, 5.74) is 0. The quantitative estimate of drug-likeness (QED) is 0.671. The molecule has 1 amide bonds. The van der Waals surface area contributed by atoms with Crippen LogP contribution in [0.4, 0.5) is 17.6 Å². The van der Waals surface area contributed by atoms with E-state index in [0.717, 1.165) is 4.90 Å². The van der Waals surface area contributed by atoms with E-state index in [2.05, 4.69) is 5.32 Å². The average molecular weight is 214 g/mol. The average Bonchev–Trinajstić information content (AvgIpc) is 2.20. The van der Waals surface area contributed by atoms with E-state index >= 15 is 0 Å². The number of likely N-dealkylation sites (tertiary alicyclic amines) is 1. The smallest absolute Gasteiger partial charge is 0.323 e. The number of hydrogen-bond acceptors (Lipinski definition) is 2. The second-order valence-electron chi connectivity index (χ2n) is 3.23. The lowest BCUT2D eigenvalue weighted by molar-refractivity contribution is -0.172. The molecule has 0 aromatic heterocycles. The lowest BCUT2D eigenvalue weighted by Crippen LogP contribution is -2.38. The van der Waals surface area contributed by atoms with Crippen molar-refractivity contribution in [2.24, 2.45) is 0 Å². The molecule has 0 unspecified atom stereocenters. The molecule has 0 atom stereocenters. The van der Waals surface area contributed by atoms with E-state index in [-0.39, 0.29) is 0 Å². The number of nitrogens with zero attached hydrogens (tertiary/aromatic N) is 1. The van der Waals surface area contributed by atoms with Gasteiger partial charge >= 0.3 is 11.8 Å². The molecule has 14 heavy (non-hydrogen) atoms. The van der Waals surface area contributed by atoms with Gasteiger partial charge in [-0.05, 0) is 0 Å². The first kappa shape index (κ1) is 11.2. The molecule has 1 aliphatic rings. The molecule has 1 fully saturated rings. The number of hydrogen-bond donors (Lipinski definition) is 1. The number of carbonyl (C=O) groups is 1. The van der Waals surface area contributed by atoms with Gasteiger partial charge in [0.05, 0.1) is 19.6 Å². The minimum atomic E-state index is -4.04. The van der Waals surface area contributed by atoms with Gasteiger partial charge < -0.3 is 5.32 Å². The van der Waals surface area contributed by atoms with Crippen LogP contribution in [0.15, 0.2) is 0 Å². The lowest BCUT2D eigenvalue weighted by atomic mass is 10.2. The Kier molecular flexibility index (Phi) is 2.71. The summed E-state index contributed by atoms with van der Waals surface area (Å²) >= 11 is 0. The van der Waals surface area contributed by atoms with Crippen LogP contribution in [0.2, 0.25) is 0 Å². The third-order valence-electron chi connectivity index (χ3n) is 2.03. The molecular weight excluding hydrogens is 204 g/mol. The highest BCUT2D eigenvalue weighted by Crippen LogP contribution is 2.40. The van der Waals surface area contributed by atoms with Gasteiger partial charge in [-0.25, -0.2) is 0 Å². The van der Waals surface area contributed by atoms with Gasteiger partial charge in [0.15, 0.2) is 0 Å². The third-order valence-corrected chi connectivity index (χ3v) is 2.03. The van der Waals surface area contributed by atoms with Crippen molar-refractivity contribution in [1.82, 2.24) is 10.2 Å². The molecule has 0 aliphatic carbocycles. The fraction of sp³-hybridized carbons (Fsp3) is 0.857. The summed E-state index contributed by atoms with van der Waals surface area (Å²) in [6, 6.07) is 0. The van der Waals surface area contributed by atoms with Crippen LogP contribution >= 0.6 is 0 Å². The van der Waals surface area contributed by atoms with E-state index in [1.54, 1.807) is 0 Å². The minimum Gasteiger partial charge on any atom is -0.358 e. The molecule has 82 valence electrons. The predicted molar refractivity (Wildman–Crippen MR) is 40.4 cm³/mol. The van der Waals surface area contributed by atoms with E-state index < -0.39 is 37.4 Å². The molecule has 0 bridgehead atoms. The number of rotatable bonds is 2. The third kappa shape index (κ3) is 1.97. The van der Waals surface area contributed by atoms with E-state index in [1.807, 2.05) is 0 Å². The Labute approximate surface area is 78.1 Å². The topological polar surface area (TPSA) is 32.3 Å². The van der Waals surface area contributed by atoms with Crippen LogP contribution in [0, 0.1) is 0 Å². The minimum absolute atomic E-state index is 0.429. The second kappa shape index (κ2) is 3.38. The summed E-state index contributed by atoms with van der Waals surface area (Å²) in [6.07, 6.45) is 0. The zero-order valence-electron chi connectivity index (χ0n) is 7.49. The molecule has 3 nitrogen and oxygen atoms in total. The van der Waals surface area contributed by atoms with Gasteiger partial charge in [0.25, 0.3) is 0 Å². The van der Waals surface area contributed by atoms with Gasteiger partial charge in [-0.1, -0.05) is 0 Å². The maximum absolute atomic E-state index is 12.6. The van der Waals surface area contributed by atoms with Crippen LogP contribution < -0.4 is 5.32 Å². The van der Waals surface area contributed by atoms with Crippen molar-refractivity contribution in [3.05, 3.63) is 0 Å². The van der Waals surface area contributed by atoms with Crippen molar-refractivity contribution >= 4 is 5.91 Å². The number of halogens is 4.